The number of hydrogen-bond donors (Lipinski definition) is 1. The Balaban J connectivity index is 1.57. The van der Waals surface area contributed by atoms with Gasteiger partial charge in [0.05, 0.1) is 0 Å². The molecule has 0 atom stereocenters. The van der Waals surface area contributed by atoms with E-state index in [9.17, 15) is 4.79 Å². The smallest absolute Gasteiger partial charge is 0.293 e. The molecule has 1 aromatic heterocycles. The molecule has 0 saturated carbocycles. The molecular weight excluding hydrogens is 312 g/mol. The van der Waals surface area contributed by atoms with Gasteiger partial charge in [0, 0.05) is 45.1 Å². The highest BCUT2D eigenvalue weighted by Crippen LogP contribution is 2.18. The van der Waals surface area contributed by atoms with Gasteiger partial charge in [0.25, 0.3) is 5.56 Å². The first-order valence-corrected chi connectivity index (χ1v) is 9.02. The van der Waals surface area contributed by atoms with Gasteiger partial charge in [0.15, 0.2) is 5.82 Å². The molecule has 1 aromatic carbocycles. The van der Waals surface area contributed by atoms with Crippen LogP contribution < -0.4 is 15.8 Å². The summed E-state index contributed by atoms with van der Waals surface area (Å²) >= 11 is 0. The molecule has 25 heavy (non-hydrogen) atoms. The molecule has 1 N–H and O–H groups in total. The number of nitrogens with one attached hydrogen (secondary N) is 1. The van der Waals surface area contributed by atoms with Gasteiger partial charge in [-0.15, -0.1) is 0 Å². The third kappa shape index (κ3) is 3.93. The normalized spacial score (nSPS) is 15.6. The summed E-state index contributed by atoms with van der Waals surface area (Å²) in [5, 5.41) is 3.69. The second kappa shape index (κ2) is 7.40. The van der Waals surface area contributed by atoms with Crippen molar-refractivity contribution in [1.82, 2.24) is 14.9 Å². The quantitative estimate of drug-likeness (QED) is 0.929. The van der Waals surface area contributed by atoms with E-state index in [1.165, 1.54) is 22.3 Å². The van der Waals surface area contributed by atoms with Crippen LogP contribution in [0.15, 0.2) is 29.3 Å². The van der Waals surface area contributed by atoms with Crippen LogP contribution in [0.5, 0.6) is 0 Å². The highest BCUT2D eigenvalue weighted by atomic mass is 16.1. The first-order chi connectivity index (χ1) is 12.0. The summed E-state index contributed by atoms with van der Waals surface area (Å²) in [7, 11) is 1.77. The Morgan fingerprint density at radius 1 is 1.12 bits per heavy atom. The van der Waals surface area contributed by atoms with Gasteiger partial charge in [0.1, 0.15) is 0 Å². The number of aromatic nitrogens is 2. The summed E-state index contributed by atoms with van der Waals surface area (Å²) in [6.07, 6.45) is 5.46. The van der Waals surface area contributed by atoms with Crippen molar-refractivity contribution in [3.05, 3.63) is 57.1 Å². The average Bonchev–Trinajstić information content (AvgIpc) is 2.60. The zero-order valence-electron chi connectivity index (χ0n) is 15.7. The summed E-state index contributed by atoms with van der Waals surface area (Å²) in [5.41, 5.74) is 5.42. The molecule has 0 radical (unpaired) electrons. The number of rotatable bonds is 4. The minimum atomic E-state index is -0.0142. The van der Waals surface area contributed by atoms with Crippen LogP contribution in [0.1, 0.15) is 35.1 Å². The van der Waals surface area contributed by atoms with Crippen molar-refractivity contribution in [2.24, 2.45) is 7.05 Å². The van der Waals surface area contributed by atoms with Crippen LogP contribution in [-0.4, -0.2) is 28.7 Å². The average molecular weight is 340 g/mol. The molecule has 0 bridgehead atoms. The van der Waals surface area contributed by atoms with E-state index in [1.54, 1.807) is 24.0 Å². The first-order valence-electron chi connectivity index (χ1n) is 9.02. The third-order valence-corrected chi connectivity index (χ3v) is 5.33. The molecule has 5 heteroatoms. The van der Waals surface area contributed by atoms with E-state index in [0.717, 1.165) is 32.5 Å². The van der Waals surface area contributed by atoms with Crippen LogP contribution >= 0.6 is 0 Å². The molecule has 1 saturated heterocycles. The van der Waals surface area contributed by atoms with Crippen molar-refractivity contribution in [3.8, 4) is 0 Å². The van der Waals surface area contributed by atoms with Gasteiger partial charge in [-0.1, -0.05) is 12.1 Å². The van der Waals surface area contributed by atoms with Crippen LogP contribution in [0.25, 0.3) is 0 Å². The van der Waals surface area contributed by atoms with Crippen molar-refractivity contribution in [1.29, 1.82) is 0 Å². The Morgan fingerprint density at radius 2 is 1.80 bits per heavy atom. The van der Waals surface area contributed by atoms with Gasteiger partial charge in [-0.3, -0.25) is 4.79 Å². The van der Waals surface area contributed by atoms with E-state index in [4.69, 9.17) is 0 Å². The van der Waals surface area contributed by atoms with Gasteiger partial charge < -0.3 is 14.8 Å². The maximum absolute atomic E-state index is 12.2. The van der Waals surface area contributed by atoms with Crippen LogP contribution in [0.3, 0.4) is 0 Å². The third-order valence-electron chi connectivity index (χ3n) is 5.33. The molecule has 0 amide bonds. The number of anilines is 1. The molecule has 0 spiro atoms. The van der Waals surface area contributed by atoms with Crippen molar-refractivity contribution < 1.29 is 0 Å². The Labute approximate surface area is 149 Å². The zero-order chi connectivity index (χ0) is 18.0. The van der Waals surface area contributed by atoms with Crippen LogP contribution in [0, 0.1) is 20.8 Å². The Kier molecular flexibility index (Phi) is 5.23. The fraction of sp³-hybridized carbons (Fsp3) is 0.500. The molecule has 3 rings (SSSR count). The lowest BCUT2D eigenvalue weighted by atomic mass is 9.99. The maximum atomic E-state index is 12.2. The van der Waals surface area contributed by atoms with Crippen LogP contribution in [-0.2, 0) is 13.6 Å². The summed E-state index contributed by atoms with van der Waals surface area (Å²) < 4.78 is 1.59. The van der Waals surface area contributed by atoms with E-state index in [1.807, 2.05) is 0 Å². The lowest BCUT2D eigenvalue weighted by Gasteiger charge is -2.33. The molecule has 134 valence electrons. The monoisotopic (exact) mass is 340 g/mol. The Bertz CT molecular complexity index is 804. The number of benzene rings is 1. The summed E-state index contributed by atoms with van der Waals surface area (Å²) in [6, 6.07) is 5.06. The van der Waals surface area contributed by atoms with E-state index < -0.39 is 0 Å². The fourth-order valence-corrected chi connectivity index (χ4v) is 3.46. The van der Waals surface area contributed by atoms with Crippen LogP contribution in [0.4, 0.5) is 5.82 Å². The topological polar surface area (TPSA) is 50.2 Å². The minimum Gasteiger partial charge on any atom is -0.352 e. The van der Waals surface area contributed by atoms with Crippen molar-refractivity contribution in [3.63, 3.8) is 0 Å². The molecule has 2 heterocycles. The number of piperidine rings is 1. The van der Waals surface area contributed by atoms with E-state index in [-0.39, 0.29) is 5.56 Å². The second-order valence-electron chi connectivity index (χ2n) is 7.17. The maximum Gasteiger partial charge on any atom is 0.293 e. The number of aryl methyl sites for hydroxylation is 4. The molecule has 0 unspecified atom stereocenters. The molecule has 5 nitrogen and oxygen atoms in total. The van der Waals surface area contributed by atoms with Crippen molar-refractivity contribution in [2.45, 2.75) is 46.2 Å². The van der Waals surface area contributed by atoms with Crippen molar-refractivity contribution in [2.75, 3.05) is 18.0 Å². The van der Waals surface area contributed by atoms with Gasteiger partial charge >= 0.3 is 0 Å². The largest absolute Gasteiger partial charge is 0.352 e. The summed E-state index contributed by atoms with van der Waals surface area (Å²) in [6.45, 7) is 9.17. The second-order valence-corrected chi connectivity index (χ2v) is 7.17. The van der Waals surface area contributed by atoms with Gasteiger partial charge in [-0.05, 0) is 55.9 Å². The molecular formula is C20H28N4O. The molecule has 1 aliphatic rings. The first kappa shape index (κ1) is 17.7. The molecule has 2 aromatic rings. The summed E-state index contributed by atoms with van der Waals surface area (Å²) in [5.74, 6) is 0.577. The summed E-state index contributed by atoms with van der Waals surface area (Å²) in [4.78, 5) is 18.6. The SMILES string of the molecule is Cc1cc(C)c(CNC2CCN(c3nccn(C)c3=O)CC2)cc1C. The van der Waals surface area contributed by atoms with Crippen molar-refractivity contribution >= 4 is 5.82 Å². The Hall–Kier alpha value is -2.14. The minimum absolute atomic E-state index is 0.0142. The zero-order valence-corrected chi connectivity index (χ0v) is 15.7. The lowest BCUT2D eigenvalue weighted by molar-refractivity contribution is 0.411. The van der Waals surface area contributed by atoms with Gasteiger partial charge in [0.2, 0.25) is 0 Å². The number of nitrogens with zero attached hydrogens (tertiary/aromatic N) is 3. The van der Waals surface area contributed by atoms with E-state index in [0.29, 0.717) is 11.9 Å². The fourth-order valence-electron chi connectivity index (χ4n) is 3.46. The standard InChI is InChI=1S/C20H28N4O/c1-14-11-16(3)17(12-15(14)2)13-22-18-5-8-24(9-6-18)19-20(25)23(4)10-7-21-19/h7,10-12,18,22H,5-6,8-9,13H2,1-4H3. The predicted octanol–water partition coefficient (Wildman–Crippen LogP) is 2.46. The van der Waals surface area contributed by atoms with Gasteiger partial charge in [-0.25, -0.2) is 4.98 Å². The van der Waals surface area contributed by atoms with Crippen LogP contribution in [0.2, 0.25) is 0 Å². The molecule has 0 aliphatic carbocycles. The Morgan fingerprint density at radius 3 is 2.52 bits per heavy atom. The molecule has 1 aliphatic heterocycles. The highest BCUT2D eigenvalue weighted by Gasteiger charge is 2.22. The highest BCUT2D eigenvalue weighted by molar-refractivity contribution is 5.37. The predicted molar refractivity (Wildman–Crippen MR) is 102 cm³/mol. The lowest BCUT2D eigenvalue weighted by Crippen LogP contribution is -2.44. The van der Waals surface area contributed by atoms with E-state index in [2.05, 4.69) is 48.1 Å². The van der Waals surface area contributed by atoms with E-state index >= 15 is 0 Å². The number of hydrogen-bond acceptors (Lipinski definition) is 4. The van der Waals surface area contributed by atoms with Gasteiger partial charge in [-0.2, -0.15) is 0 Å². The molecule has 1 fully saturated rings.